The molecule has 0 spiro atoms. The average Bonchev–Trinajstić information content (AvgIpc) is 2.48. The van der Waals surface area contributed by atoms with Gasteiger partial charge in [0.1, 0.15) is 12.0 Å². The second-order valence-corrected chi connectivity index (χ2v) is 6.51. The molecule has 0 saturated heterocycles. The second kappa shape index (κ2) is 5.76. The molecule has 1 unspecified atom stereocenters. The van der Waals surface area contributed by atoms with Crippen LogP contribution in [0, 0.1) is 0 Å². The van der Waals surface area contributed by atoms with Crippen LogP contribution in [0.3, 0.4) is 0 Å². The second-order valence-electron chi connectivity index (χ2n) is 4.71. The Balaban J connectivity index is 2.39. The van der Waals surface area contributed by atoms with Crippen molar-refractivity contribution in [2.45, 2.75) is 5.25 Å². The van der Waals surface area contributed by atoms with E-state index in [0.29, 0.717) is 5.75 Å². The fourth-order valence-electron chi connectivity index (χ4n) is 2.01. The standard InChI is InChI=1S/C13H16N3O5S/c1-15-8-11(12(17)16(2)13(15)18)22(19,20)14-9-6-4-5-7-10(9)21-3/h4-8,11,14H,1-3H3/q+1. The number of rotatable bonds is 4. The number of anilines is 1. The zero-order valence-corrected chi connectivity index (χ0v) is 13.1. The number of ether oxygens (including phenoxy) is 1. The zero-order chi connectivity index (χ0) is 16.5. The molecule has 0 aromatic heterocycles. The number of nitrogens with one attached hydrogen (secondary N) is 1. The minimum Gasteiger partial charge on any atom is -0.495 e. The quantitative estimate of drug-likeness (QED) is 0.792. The highest BCUT2D eigenvalue weighted by atomic mass is 32.2. The van der Waals surface area contributed by atoms with E-state index in [0.717, 1.165) is 15.7 Å². The molecule has 1 aromatic rings. The van der Waals surface area contributed by atoms with Gasteiger partial charge in [-0.05, 0) is 12.1 Å². The number of urea groups is 1. The third kappa shape index (κ3) is 2.80. The Morgan fingerprint density at radius 1 is 1.27 bits per heavy atom. The normalized spacial score (nSPS) is 19.0. The molecule has 1 aliphatic rings. The molecule has 1 N–H and O–H groups in total. The molecule has 3 amide bonds. The number of sulfonamides is 1. The first kappa shape index (κ1) is 16.0. The van der Waals surface area contributed by atoms with Crippen molar-refractivity contribution in [3.05, 3.63) is 24.3 Å². The molecule has 1 aromatic carbocycles. The van der Waals surface area contributed by atoms with Crippen LogP contribution in [-0.2, 0) is 14.8 Å². The van der Waals surface area contributed by atoms with Gasteiger partial charge in [-0.3, -0.25) is 4.72 Å². The predicted octanol–water partition coefficient (Wildman–Crippen LogP) is 0.111. The lowest BCUT2D eigenvalue weighted by atomic mass is 10.3. The summed E-state index contributed by atoms with van der Waals surface area (Å²) in [5, 5.41) is -1.50. The summed E-state index contributed by atoms with van der Waals surface area (Å²) in [5.41, 5.74) is 0.216. The summed E-state index contributed by atoms with van der Waals surface area (Å²) in [6.45, 7) is 0. The first-order valence-corrected chi connectivity index (χ1v) is 7.86. The number of methoxy groups -OCH3 is 1. The first-order chi connectivity index (χ1) is 10.3. The van der Waals surface area contributed by atoms with E-state index in [-0.39, 0.29) is 5.69 Å². The van der Waals surface area contributed by atoms with Gasteiger partial charge in [0.15, 0.2) is 0 Å². The topological polar surface area (TPSA) is 95.8 Å². The zero-order valence-electron chi connectivity index (χ0n) is 12.3. The lowest BCUT2D eigenvalue weighted by Crippen LogP contribution is -2.54. The Morgan fingerprint density at radius 2 is 1.91 bits per heavy atom. The smallest absolute Gasteiger partial charge is 0.495 e. The number of hydrogen-bond donors (Lipinski definition) is 1. The molecule has 0 aliphatic carbocycles. The van der Waals surface area contributed by atoms with Crippen LogP contribution in [0.4, 0.5) is 10.5 Å². The Kier molecular flexibility index (Phi) is 4.18. The molecule has 8 nitrogen and oxygen atoms in total. The van der Waals surface area contributed by atoms with Gasteiger partial charge in [0.25, 0.3) is 10.0 Å². The van der Waals surface area contributed by atoms with E-state index < -0.39 is 27.2 Å². The van der Waals surface area contributed by atoms with Crippen LogP contribution in [0.5, 0.6) is 5.75 Å². The maximum Gasteiger partial charge on any atom is 0.500 e. The van der Waals surface area contributed by atoms with Gasteiger partial charge in [0, 0.05) is 0 Å². The summed E-state index contributed by atoms with van der Waals surface area (Å²) < 4.78 is 33.4. The van der Waals surface area contributed by atoms with Gasteiger partial charge in [-0.2, -0.15) is 9.69 Å². The number of amides is 3. The predicted molar refractivity (Wildman–Crippen MR) is 79.7 cm³/mol. The third-order valence-electron chi connectivity index (χ3n) is 3.22. The van der Waals surface area contributed by atoms with Gasteiger partial charge in [-0.25, -0.2) is 17.8 Å². The number of imide groups is 1. The molecular weight excluding hydrogens is 310 g/mol. The van der Waals surface area contributed by atoms with E-state index >= 15 is 0 Å². The number of carbonyl (C=O) groups is 2. The summed E-state index contributed by atoms with van der Waals surface area (Å²) in [6, 6.07) is 5.84. The van der Waals surface area contributed by atoms with E-state index in [2.05, 4.69) is 4.72 Å². The molecular formula is C13H16N3O5S+. The van der Waals surface area contributed by atoms with Crippen molar-refractivity contribution in [3.8, 4) is 5.75 Å². The summed E-state index contributed by atoms with van der Waals surface area (Å²) in [4.78, 5) is 24.5. The number of carbonyl (C=O) groups excluding carboxylic acids is 2. The maximum absolute atomic E-state index is 12.4. The summed E-state index contributed by atoms with van der Waals surface area (Å²) in [6.07, 6.45) is 1.07. The lowest BCUT2D eigenvalue weighted by Gasteiger charge is -2.20. The fraction of sp³-hybridized carbons (Fsp3) is 0.308. The molecule has 0 radical (unpaired) electrons. The monoisotopic (exact) mass is 326 g/mol. The van der Waals surface area contributed by atoms with Crippen LogP contribution in [0.2, 0.25) is 0 Å². The number of benzene rings is 1. The highest BCUT2D eigenvalue weighted by molar-refractivity contribution is 7.94. The van der Waals surface area contributed by atoms with Crippen LogP contribution < -0.4 is 9.46 Å². The molecule has 9 heteroatoms. The molecule has 2 rings (SSSR count). The van der Waals surface area contributed by atoms with Crippen LogP contribution in [0.25, 0.3) is 0 Å². The van der Waals surface area contributed by atoms with Crippen LogP contribution in [-0.4, -0.2) is 62.5 Å². The number of nitrogens with zero attached hydrogens (tertiary/aromatic N) is 2. The van der Waals surface area contributed by atoms with Crippen LogP contribution in [0.1, 0.15) is 0 Å². The van der Waals surface area contributed by atoms with Crippen molar-refractivity contribution in [1.82, 2.24) is 4.90 Å². The van der Waals surface area contributed by atoms with Crippen molar-refractivity contribution in [2.24, 2.45) is 0 Å². The van der Waals surface area contributed by atoms with E-state index in [4.69, 9.17) is 4.74 Å². The highest BCUT2D eigenvalue weighted by Crippen LogP contribution is 2.25. The molecule has 118 valence electrons. The van der Waals surface area contributed by atoms with Gasteiger partial charge in [-0.1, -0.05) is 12.1 Å². The highest BCUT2D eigenvalue weighted by Gasteiger charge is 2.46. The largest absolute Gasteiger partial charge is 0.500 e. The summed E-state index contributed by atoms with van der Waals surface area (Å²) in [7, 11) is -0.0484. The molecule has 0 saturated carbocycles. The Hall–Kier alpha value is -2.42. The van der Waals surface area contributed by atoms with Crippen molar-refractivity contribution in [1.29, 1.82) is 0 Å². The lowest BCUT2D eigenvalue weighted by molar-refractivity contribution is -0.399. The molecule has 1 heterocycles. The first-order valence-electron chi connectivity index (χ1n) is 6.32. The van der Waals surface area contributed by atoms with E-state index in [9.17, 15) is 18.0 Å². The Morgan fingerprint density at radius 3 is 2.55 bits per heavy atom. The van der Waals surface area contributed by atoms with Crippen molar-refractivity contribution in [3.63, 3.8) is 0 Å². The molecule has 0 fully saturated rings. The van der Waals surface area contributed by atoms with Crippen LogP contribution in [0.15, 0.2) is 24.3 Å². The average molecular weight is 326 g/mol. The number of hydrogen-bond acceptors (Lipinski definition) is 5. The molecule has 1 aliphatic heterocycles. The van der Waals surface area contributed by atoms with Gasteiger partial charge < -0.3 is 4.74 Å². The Labute approximate surface area is 128 Å². The fourth-order valence-corrected chi connectivity index (χ4v) is 3.38. The van der Waals surface area contributed by atoms with Gasteiger partial charge in [0.05, 0.1) is 26.9 Å². The van der Waals surface area contributed by atoms with Gasteiger partial charge >= 0.3 is 11.9 Å². The van der Waals surface area contributed by atoms with Gasteiger partial charge in [-0.15, -0.1) is 0 Å². The summed E-state index contributed by atoms with van der Waals surface area (Å²) in [5.74, 6) is -0.488. The molecule has 22 heavy (non-hydrogen) atoms. The van der Waals surface area contributed by atoms with E-state index in [1.54, 1.807) is 18.2 Å². The minimum atomic E-state index is -4.08. The Bertz CT molecular complexity index is 757. The van der Waals surface area contributed by atoms with Crippen molar-refractivity contribution >= 4 is 33.9 Å². The third-order valence-corrected chi connectivity index (χ3v) is 4.71. The van der Waals surface area contributed by atoms with Crippen molar-refractivity contribution < 1.29 is 27.3 Å². The molecule has 1 atom stereocenters. The number of para-hydroxylation sites is 2. The molecule has 0 bridgehead atoms. The van der Waals surface area contributed by atoms with Crippen molar-refractivity contribution in [2.75, 3.05) is 25.9 Å². The van der Waals surface area contributed by atoms with Gasteiger partial charge in [0.2, 0.25) is 5.25 Å². The van der Waals surface area contributed by atoms with E-state index in [1.807, 2.05) is 0 Å². The maximum atomic E-state index is 12.4. The summed E-state index contributed by atoms with van der Waals surface area (Å²) >= 11 is 0. The van der Waals surface area contributed by atoms with E-state index in [1.165, 1.54) is 27.3 Å². The SMILES string of the molecule is COc1ccccc1NS(=O)(=O)C1C=[N+](C)C(=O)N(C)C1=O. The minimum absolute atomic E-state index is 0.216. The van der Waals surface area contributed by atoms with Crippen LogP contribution >= 0.6 is 0 Å².